The molecule has 0 aliphatic carbocycles. The molecule has 7 nitrogen and oxygen atoms in total. The third-order valence-corrected chi connectivity index (χ3v) is 5.86. The monoisotopic (exact) mass is 473 g/mol. The van der Waals surface area contributed by atoms with Gasteiger partial charge in [0.05, 0.1) is 34.2 Å². The molecule has 3 heterocycles. The Labute approximate surface area is 192 Å². The van der Waals surface area contributed by atoms with E-state index in [-0.39, 0.29) is 22.5 Å². The number of thioether (sulfide) groups is 1. The molecule has 0 fully saturated rings. The number of aromatic nitrogens is 4. The molecular weight excluding hydrogens is 457 g/mol. The minimum Gasteiger partial charge on any atom is -0.469 e. The number of aryl methyl sites for hydroxylation is 1. The van der Waals surface area contributed by atoms with Gasteiger partial charge >= 0.3 is 0 Å². The molecule has 0 radical (unpaired) electrons. The van der Waals surface area contributed by atoms with Crippen LogP contribution in [0.15, 0.2) is 64.5 Å². The number of hydrogen-bond donors (Lipinski definition) is 1. The van der Waals surface area contributed by atoms with E-state index in [9.17, 15) is 4.79 Å². The molecule has 0 aliphatic rings. The molecule has 0 aliphatic heterocycles. The maximum absolute atomic E-state index is 12.4. The van der Waals surface area contributed by atoms with Crippen LogP contribution in [0.1, 0.15) is 11.3 Å². The maximum atomic E-state index is 12.4. The number of nitrogens with zero attached hydrogens (tertiary/aromatic N) is 4. The van der Waals surface area contributed by atoms with Crippen LogP contribution >= 0.6 is 35.0 Å². The fourth-order valence-electron chi connectivity index (χ4n) is 2.92. The Morgan fingerprint density at radius 2 is 2.00 bits per heavy atom. The number of carbonyl (C=O) groups is 1. The van der Waals surface area contributed by atoms with Crippen LogP contribution < -0.4 is 5.32 Å². The average Bonchev–Trinajstić information content (AvgIpc) is 3.35. The molecule has 0 saturated heterocycles. The molecule has 0 bridgehead atoms. The van der Waals surface area contributed by atoms with Gasteiger partial charge in [-0.3, -0.25) is 9.36 Å². The van der Waals surface area contributed by atoms with Gasteiger partial charge in [-0.1, -0.05) is 65.3 Å². The van der Waals surface area contributed by atoms with Gasteiger partial charge in [-0.05, 0) is 24.6 Å². The molecule has 10 heteroatoms. The first-order chi connectivity index (χ1) is 15.0. The van der Waals surface area contributed by atoms with Crippen molar-refractivity contribution in [3.63, 3.8) is 0 Å². The summed E-state index contributed by atoms with van der Waals surface area (Å²) in [7, 11) is 0. The van der Waals surface area contributed by atoms with Gasteiger partial charge in [0.1, 0.15) is 5.76 Å². The van der Waals surface area contributed by atoms with E-state index in [2.05, 4.69) is 20.5 Å². The van der Waals surface area contributed by atoms with Crippen molar-refractivity contribution in [3.05, 3.63) is 76.3 Å². The molecule has 0 spiro atoms. The highest BCUT2D eigenvalue weighted by molar-refractivity contribution is 7.99. The zero-order valence-electron chi connectivity index (χ0n) is 16.4. The number of benzene rings is 1. The number of hydrogen-bond acceptors (Lipinski definition) is 6. The predicted octanol–water partition coefficient (Wildman–Crippen LogP) is 5.33. The molecule has 4 aromatic rings. The van der Waals surface area contributed by atoms with Crippen LogP contribution in [0.3, 0.4) is 0 Å². The number of amides is 1. The number of carbonyl (C=O) groups excluding carboxylic acids is 1. The van der Waals surface area contributed by atoms with E-state index < -0.39 is 0 Å². The molecule has 158 valence electrons. The first-order valence-corrected chi connectivity index (χ1v) is 11.0. The lowest BCUT2D eigenvalue weighted by molar-refractivity contribution is -0.113. The van der Waals surface area contributed by atoms with Crippen molar-refractivity contribution >= 4 is 46.7 Å². The fraction of sp³-hybridized carbons (Fsp3) is 0.143. The largest absolute Gasteiger partial charge is 0.469 e. The summed E-state index contributed by atoms with van der Waals surface area (Å²) < 4.78 is 7.41. The Morgan fingerprint density at radius 1 is 1.19 bits per heavy atom. The summed E-state index contributed by atoms with van der Waals surface area (Å²) >= 11 is 13.2. The van der Waals surface area contributed by atoms with E-state index in [0.717, 1.165) is 16.9 Å². The number of anilines is 1. The van der Waals surface area contributed by atoms with Gasteiger partial charge in [-0.25, -0.2) is 4.98 Å². The predicted molar refractivity (Wildman–Crippen MR) is 122 cm³/mol. The Kier molecular flexibility index (Phi) is 6.60. The third kappa shape index (κ3) is 5.10. The molecule has 0 atom stereocenters. The second-order valence-electron chi connectivity index (χ2n) is 6.59. The van der Waals surface area contributed by atoms with E-state index >= 15 is 0 Å². The quantitative estimate of drug-likeness (QED) is 0.365. The first-order valence-electron chi connectivity index (χ1n) is 9.26. The van der Waals surface area contributed by atoms with Gasteiger partial charge in [0.25, 0.3) is 0 Å². The van der Waals surface area contributed by atoms with E-state index in [0.29, 0.717) is 22.5 Å². The number of nitrogens with one attached hydrogen (secondary N) is 1. The van der Waals surface area contributed by atoms with E-state index in [4.69, 9.17) is 27.6 Å². The zero-order valence-corrected chi connectivity index (χ0v) is 18.7. The molecular formula is C21H17Cl2N5O2S. The van der Waals surface area contributed by atoms with E-state index in [1.807, 2.05) is 47.9 Å². The molecule has 1 aromatic carbocycles. The SMILES string of the molecule is Cc1occc1-c1nnc(SCC(=O)Nc2ncc(Cl)cc2Cl)n1Cc1ccccc1. The Bertz CT molecular complexity index is 1210. The van der Waals surface area contributed by atoms with Crippen molar-refractivity contribution in [2.75, 3.05) is 11.1 Å². The average molecular weight is 474 g/mol. The highest BCUT2D eigenvalue weighted by atomic mass is 35.5. The molecule has 0 saturated carbocycles. The van der Waals surface area contributed by atoms with Gasteiger partial charge in [0.2, 0.25) is 5.91 Å². The van der Waals surface area contributed by atoms with Crippen LogP contribution in [0.5, 0.6) is 0 Å². The fourth-order valence-corrected chi connectivity index (χ4v) is 4.09. The first kappa shape index (κ1) is 21.4. The van der Waals surface area contributed by atoms with Gasteiger partial charge in [-0.2, -0.15) is 0 Å². The minimum absolute atomic E-state index is 0.109. The molecule has 3 aromatic heterocycles. The van der Waals surface area contributed by atoms with Gasteiger partial charge in [-0.15, -0.1) is 10.2 Å². The molecule has 31 heavy (non-hydrogen) atoms. The number of halogens is 2. The summed E-state index contributed by atoms with van der Waals surface area (Å²) in [6.45, 7) is 2.43. The van der Waals surface area contributed by atoms with Crippen molar-refractivity contribution in [1.82, 2.24) is 19.7 Å². The van der Waals surface area contributed by atoms with Crippen LogP contribution in [-0.2, 0) is 11.3 Å². The second kappa shape index (κ2) is 9.55. The highest BCUT2D eigenvalue weighted by Gasteiger charge is 2.19. The maximum Gasteiger partial charge on any atom is 0.236 e. The Morgan fingerprint density at radius 3 is 2.71 bits per heavy atom. The Balaban J connectivity index is 1.54. The summed E-state index contributed by atoms with van der Waals surface area (Å²) in [5.41, 5.74) is 1.95. The smallest absolute Gasteiger partial charge is 0.236 e. The van der Waals surface area contributed by atoms with Crippen LogP contribution in [-0.4, -0.2) is 31.4 Å². The van der Waals surface area contributed by atoms with Gasteiger partial charge in [0, 0.05) is 6.20 Å². The van der Waals surface area contributed by atoms with Gasteiger partial charge < -0.3 is 9.73 Å². The number of furan rings is 1. The van der Waals surface area contributed by atoms with E-state index in [1.165, 1.54) is 24.0 Å². The Hall–Kier alpha value is -2.81. The number of rotatable bonds is 7. The van der Waals surface area contributed by atoms with Crippen LogP contribution in [0.2, 0.25) is 10.0 Å². The van der Waals surface area contributed by atoms with Crippen LogP contribution in [0, 0.1) is 6.92 Å². The summed E-state index contributed by atoms with van der Waals surface area (Å²) in [6, 6.07) is 13.4. The van der Waals surface area contributed by atoms with Crippen molar-refractivity contribution in [2.24, 2.45) is 0 Å². The normalized spacial score (nSPS) is 10.9. The third-order valence-electron chi connectivity index (χ3n) is 4.40. The van der Waals surface area contributed by atoms with Crippen molar-refractivity contribution < 1.29 is 9.21 Å². The van der Waals surface area contributed by atoms with Crippen molar-refractivity contribution in [3.8, 4) is 11.4 Å². The lowest BCUT2D eigenvalue weighted by Gasteiger charge is -2.10. The van der Waals surface area contributed by atoms with Crippen molar-refractivity contribution in [1.29, 1.82) is 0 Å². The van der Waals surface area contributed by atoms with E-state index in [1.54, 1.807) is 6.26 Å². The summed E-state index contributed by atoms with van der Waals surface area (Å²) in [6.07, 6.45) is 3.04. The number of pyridine rings is 1. The summed E-state index contributed by atoms with van der Waals surface area (Å²) in [5, 5.41) is 12.6. The lowest BCUT2D eigenvalue weighted by Crippen LogP contribution is -2.16. The molecule has 1 amide bonds. The van der Waals surface area contributed by atoms with Gasteiger partial charge in [0.15, 0.2) is 16.8 Å². The van der Waals surface area contributed by atoms with Crippen molar-refractivity contribution in [2.45, 2.75) is 18.6 Å². The summed E-state index contributed by atoms with van der Waals surface area (Å²) in [5.74, 6) is 1.53. The zero-order chi connectivity index (χ0) is 21.8. The topological polar surface area (TPSA) is 85.8 Å². The van der Waals surface area contributed by atoms with Crippen LogP contribution in [0.25, 0.3) is 11.4 Å². The minimum atomic E-state index is -0.267. The molecule has 1 N–H and O–H groups in total. The second-order valence-corrected chi connectivity index (χ2v) is 8.38. The molecule has 0 unspecified atom stereocenters. The highest BCUT2D eigenvalue weighted by Crippen LogP contribution is 2.28. The summed E-state index contributed by atoms with van der Waals surface area (Å²) in [4.78, 5) is 16.5. The standard InChI is InChI=1S/C21H17Cl2N5O2S/c1-13-16(7-8-30-13)20-26-27-21(28(20)11-14-5-3-2-4-6-14)31-12-18(29)25-19-17(23)9-15(22)10-24-19/h2-10H,11-12H2,1H3,(H,24,25,29). The lowest BCUT2D eigenvalue weighted by atomic mass is 10.2. The molecule has 4 rings (SSSR count). The van der Waals surface area contributed by atoms with Crippen LogP contribution in [0.4, 0.5) is 5.82 Å².